The minimum atomic E-state index is 0.434. The highest BCUT2D eigenvalue weighted by atomic mass is 32.2. The van der Waals surface area contributed by atoms with Gasteiger partial charge in [-0.3, -0.25) is 4.98 Å². The normalized spacial score (nSPS) is 16.9. The maximum absolute atomic E-state index is 5.30. The Hall–Kier alpha value is -0.970. The van der Waals surface area contributed by atoms with Crippen LogP contribution in [0.15, 0.2) is 12.4 Å². The molecule has 1 aliphatic carbocycles. The van der Waals surface area contributed by atoms with E-state index in [0.29, 0.717) is 17.2 Å². The number of nitrogens with one attached hydrogen (secondary N) is 1. The summed E-state index contributed by atoms with van der Waals surface area (Å²) in [5.74, 6) is 1.38. The van der Waals surface area contributed by atoms with Gasteiger partial charge >= 0.3 is 0 Å². The molecule has 1 saturated carbocycles. The SMILES string of the molecule is CCOc1cncc(NCC2(SC)CC2)n1. The second-order valence-corrected chi connectivity index (χ2v) is 5.19. The van der Waals surface area contributed by atoms with Crippen LogP contribution in [0, 0.1) is 0 Å². The summed E-state index contributed by atoms with van der Waals surface area (Å²) in [4.78, 5) is 8.42. The van der Waals surface area contributed by atoms with Crippen molar-refractivity contribution in [3.63, 3.8) is 0 Å². The lowest BCUT2D eigenvalue weighted by Crippen LogP contribution is -2.18. The number of nitrogens with zero attached hydrogens (tertiary/aromatic N) is 2. The molecule has 1 aliphatic rings. The first kappa shape index (κ1) is 11.5. The van der Waals surface area contributed by atoms with E-state index in [1.165, 1.54) is 12.8 Å². The van der Waals surface area contributed by atoms with E-state index in [4.69, 9.17) is 4.74 Å². The highest BCUT2D eigenvalue weighted by Crippen LogP contribution is 2.46. The fourth-order valence-corrected chi connectivity index (χ4v) is 2.22. The Morgan fingerprint density at radius 3 is 2.94 bits per heavy atom. The Labute approximate surface area is 100 Å². The van der Waals surface area contributed by atoms with Gasteiger partial charge in [-0.25, -0.2) is 0 Å². The van der Waals surface area contributed by atoms with Crippen LogP contribution in [-0.2, 0) is 0 Å². The van der Waals surface area contributed by atoms with Gasteiger partial charge in [-0.05, 0) is 26.0 Å². The lowest BCUT2D eigenvalue weighted by Gasteiger charge is -2.13. The number of aromatic nitrogens is 2. The molecule has 1 fully saturated rings. The number of ether oxygens (including phenoxy) is 1. The fourth-order valence-electron chi connectivity index (χ4n) is 1.49. The number of rotatable bonds is 6. The van der Waals surface area contributed by atoms with Gasteiger partial charge in [0.15, 0.2) is 0 Å². The van der Waals surface area contributed by atoms with E-state index in [0.717, 1.165) is 12.4 Å². The van der Waals surface area contributed by atoms with Crippen molar-refractivity contribution in [3.05, 3.63) is 12.4 Å². The maximum Gasteiger partial charge on any atom is 0.234 e. The van der Waals surface area contributed by atoms with Crippen LogP contribution in [-0.4, -0.2) is 34.1 Å². The smallest absolute Gasteiger partial charge is 0.234 e. The van der Waals surface area contributed by atoms with E-state index in [9.17, 15) is 0 Å². The number of thioether (sulfide) groups is 1. The molecule has 88 valence electrons. The highest BCUT2D eigenvalue weighted by molar-refractivity contribution is 8.00. The van der Waals surface area contributed by atoms with Crippen molar-refractivity contribution in [2.45, 2.75) is 24.5 Å². The third kappa shape index (κ3) is 2.78. The van der Waals surface area contributed by atoms with Gasteiger partial charge in [0.25, 0.3) is 0 Å². The van der Waals surface area contributed by atoms with Crippen molar-refractivity contribution >= 4 is 17.6 Å². The molecule has 1 aromatic rings. The summed E-state index contributed by atoms with van der Waals surface area (Å²) in [5, 5.41) is 3.32. The molecule has 2 rings (SSSR count). The zero-order valence-electron chi connectivity index (χ0n) is 9.69. The van der Waals surface area contributed by atoms with Crippen molar-refractivity contribution in [1.29, 1.82) is 0 Å². The quantitative estimate of drug-likeness (QED) is 0.824. The summed E-state index contributed by atoms with van der Waals surface area (Å²) < 4.78 is 5.74. The van der Waals surface area contributed by atoms with Gasteiger partial charge in [-0.2, -0.15) is 16.7 Å². The average molecular weight is 239 g/mol. The Kier molecular flexibility index (Phi) is 3.53. The number of hydrogen-bond donors (Lipinski definition) is 1. The number of anilines is 1. The standard InChI is InChI=1S/C11H17N3OS/c1-3-15-10-7-12-6-9(14-10)13-8-11(16-2)4-5-11/h6-7H,3-5,8H2,1-2H3,(H,13,14). The Morgan fingerprint density at radius 2 is 2.31 bits per heavy atom. The molecule has 0 unspecified atom stereocenters. The molecule has 16 heavy (non-hydrogen) atoms. The molecule has 1 heterocycles. The summed E-state index contributed by atoms with van der Waals surface area (Å²) in [6.07, 6.45) is 8.12. The van der Waals surface area contributed by atoms with E-state index < -0.39 is 0 Å². The summed E-state index contributed by atoms with van der Waals surface area (Å²) in [7, 11) is 0. The molecule has 4 nitrogen and oxygen atoms in total. The molecule has 5 heteroatoms. The van der Waals surface area contributed by atoms with Gasteiger partial charge in [0, 0.05) is 11.3 Å². The van der Waals surface area contributed by atoms with Gasteiger partial charge in [0.05, 0.1) is 19.0 Å². The van der Waals surface area contributed by atoms with Crippen LogP contribution in [0.5, 0.6) is 5.88 Å². The molecular weight excluding hydrogens is 222 g/mol. The van der Waals surface area contributed by atoms with Crippen LogP contribution in [0.25, 0.3) is 0 Å². The van der Waals surface area contributed by atoms with E-state index in [1.54, 1.807) is 12.4 Å². The van der Waals surface area contributed by atoms with Gasteiger partial charge < -0.3 is 10.1 Å². The van der Waals surface area contributed by atoms with E-state index in [2.05, 4.69) is 21.5 Å². The molecule has 0 bridgehead atoms. The van der Waals surface area contributed by atoms with Crippen LogP contribution in [0.3, 0.4) is 0 Å². The molecular formula is C11H17N3OS. The molecule has 0 aliphatic heterocycles. The van der Waals surface area contributed by atoms with Crippen molar-refractivity contribution < 1.29 is 4.74 Å². The minimum absolute atomic E-state index is 0.434. The first-order valence-electron chi connectivity index (χ1n) is 5.52. The summed E-state index contributed by atoms with van der Waals surface area (Å²) in [6.45, 7) is 3.51. The van der Waals surface area contributed by atoms with Crippen molar-refractivity contribution in [1.82, 2.24) is 9.97 Å². The van der Waals surface area contributed by atoms with Crippen molar-refractivity contribution in [2.75, 3.05) is 24.7 Å². The van der Waals surface area contributed by atoms with E-state index in [1.807, 2.05) is 18.7 Å². The van der Waals surface area contributed by atoms with Crippen LogP contribution >= 0.6 is 11.8 Å². The fraction of sp³-hybridized carbons (Fsp3) is 0.636. The first-order valence-corrected chi connectivity index (χ1v) is 6.74. The lowest BCUT2D eigenvalue weighted by atomic mass is 10.4. The Balaban J connectivity index is 1.91. The molecule has 1 aromatic heterocycles. The lowest BCUT2D eigenvalue weighted by molar-refractivity contribution is 0.325. The van der Waals surface area contributed by atoms with Gasteiger partial charge in [-0.15, -0.1) is 0 Å². The molecule has 0 spiro atoms. The van der Waals surface area contributed by atoms with Crippen LogP contribution < -0.4 is 10.1 Å². The summed E-state index contributed by atoms with van der Waals surface area (Å²) >= 11 is 1.93. The van der Waals surface area contributed by atoms with Gasteiger partial charge in [0.2, 0.25) is 5.88 Å². The van der Waals surface area contributed by atoms with Crippen molar-refractivity contribution in [3.8, 4) is 5.88 Å². The highest BCUT2D eigenvalue weighted by Gasteiger charge is 2.41. The predicted molar refractivity (Wildman–Crippen MR) is 67.2 cm³/mol. The van der Waals surface area contributed by atoms with Crippen LogP contribution in [0.2, 0.25) is 0 Å². The zero-order valence-corrected chi connectivity index (χ0v) is 10.5. The topological polar surface area (TPSA) is 47.0 Å². The van der Waals surface area contributed by atoms with Crippen LogP contribution in [0.1, 0.15) is 19.8 Å². The summed E-state index contributed by atoms with van der Waals surface area (Å²) in [6, 6.07) is 0. The Bertz CT molecular complexity index is 355. The third-order valence-electron chi connectivity index (χ3n) is 2.74. The monoisotopic (exact) mass is 239 g/mol. The average Bonchev–Trinajstić information content (AvgIpc) is 3.08. The molecule has 1 N–H and O–H groups in total. The third-order valence-corrected chi connectivity index (χ3v) is 4.16. The summed E-state index contributed by atoms with van der Waals surface area (Å²) in [5.41, 5.74) is 0. The van der Waals surface area contributed by atoms with Crippen LogP contribution in [0.4, 0.5) is 5.82 Å². The maximum atomic E-state index is 5.30. The number of hydrogen-bond acceptors (Lipinski definition) is 5. The second kappa shape index (κ2) is 4.91. The molecule has 0 atom stereocenters. The largest absolute Gasteiger partial charge is 0.477 e. The van der Waals surface area contributed by atoms with Crippen molar-refractivity contribution in [2.24, 2.45) is 0 Å². The minimum Gasteiger partial charge on any atom is -0.477 e. The Morgan fingerprint density at radius 1 is 1.50 bits per heavy atom. The van der Waals surface area contributed by atoms with Gasteiger partial charge in [0.1, 0.15) is 5.82 Å². The molecule has 0 amide bonds. The first-order chi connectivity index (χ1) is 7.78. The van der Waals surface area contributed by atoms with E-state index >= 15 is 0 Å². The molecule has 0 aromatic carbocycles. The molecule has 0 radical (unpaired) electrons. The molecule has 0 saturated heterocycles. The van der Waals surface area contributed by atoms with Gasteiger partial charge in [-0.1, -0.05) is 0 Å². The predicted octanol–water partition coefficient (Wildman–Crippen LogP) is 2.18. The zero-order chi connectivity index (χ0) is 11.4. The second-order valence-electron chi connectivity index (χ2n) is 3.92. The van der Waals surface area contributed by atoms with E-state index in [-0.39, 0.29) is 0 Å².